The second-order valence-electron chi connectivity index (χ2n) is 1.50. The Morgan fingerprint density at radius 1 is 1.33 bits per heavy atom. The van der Waals surface area contributed by atoms with E-state index in [4.69, 9.17) is 0 Å². The van der Waals surface area contributed by atoms with Crippen LogP contribution in [-0.2, 0) is 0 Å². The molecule has 3 heteroatoms. The smallest absolute Gasteiger partial charge is 0.155 e. The minimum absolute atomic E-state index is 0.701. The van der Waals surface area contributed by atoms with Crippen molar-refractivity contribution in [3.63, 3.8) is 0 Å². The van der Waals surface area contributed by atoms with Gasteiger partial charge in [0.05, 0.1) is 0 Å². The van der Waals surface area contributed by atoms with Gasteiger partial charge in [0, 0.05) is 0 Å². The molecule has 0 amide bonds. The van der Waals surface area contributed by atoms with Gasteiger partial charge in [-0.3, -0.25) is 0 Å². The topological polar surface area (TPSA) is 38.7 Å². The molecular weight excluding hydrogens is 114 g/mol. The molecule has 1 rings (SSSR count). The first-order valence-electron chi connectivity index (χ1n) is 2.68. The van der Waals surface area contributed by atoms with Crippen molar-refractivity contribution in [2.75, 3.05) is 0 Å². The molecule has 9 heavy (non-hydrogen) atoms. The molecule has 0 saturated carbocycles. The molecule has 0 unspecified atom stereocenters. The molecule has 0 aliphatic rings. The summed E-state index contributed by atoms with van der Waals surface area (Å²) in [6.45, 7) is 1.92. The predicted octanol–water partition coefficient (Wildman–Crippen LogP) is 0.905. The summed E-state index contributed by atoms with van der Waals surface area (Å²) in [5.74, 6) is 0.701. The molecule has 3 nitrogen and oxygen atoms in total. The van der Waals surface area contributed by atoms with Crippen molar-refractivity contribution in [3.05, 3.63) is 24.6 Å². The van der Waals surface area contributed by atoms with Gasteiger partial charge in [-0.1, -0.05) is 6.08 Å². The highest BCUT2D eigenvalue weighted by Crippen LogP contribution is 1.86. The fraction of sp³-hybridized carbons (Fsp3) is 0.167. The standard InChI is InChI=1S/C6H7N3/c1-2-3-6-8-4-7-5-9-6/h2-5H,1H3/b3-2+. The molecule has 0 N–H and O–H groups in total. The van der Waals surface area contributed by atoms with Gasteiger partial charge < -0.3 is 0 Å². The van der Waals surface area contributed by atoms with E-state index >= 15 is 0 Å². The van der Waals surface area contributed by atoms with Crippen molar-refractivity contribution in [1.29, 1.82) is 0 Å². The Hall–Kier alpha value is -1.25. The molecule has 0 saturated heterocycles. The second kappa shape index (κ2) is 2.91. The van der Waals surface area contributed by atoms with Gasteiger partial charge in [-0.25, -0.2) is 15.0 Å². The average Bonchev–Trinajstić information content (AvgIpc) is 1.91. The fourth-order valence-electron chi connectivity index (χ4n) is 0.483. The summed E-state index contributed by atoms with van der Waals surface area (Å²) in [7, 11) is 0. The van der Waals surface area contributed by atoms with Crippen LogP contribution >= 0.6 is 0 Å². The Labute approximate surface area is 53.5 Å². The van der Waals surface area contributed by atoms with Crippen LogP contribution in [0, 0.1) is 0 Å². The molecule has 0 radical (unpaired) electrons. The van der Waals surface area contributed by atoms with Gasteiger partial charge in [0.1, 0.15) is 12.7 Å². The molecule has 46 valence electrons. The summed E-state index contributed by atoms with van der Waals surface area (Å²) in [5, 5.41) is 0. The number of allylic oxidation sites excluding steroid dienone is 1. The highest BCUT2D eigenvalue weighted by Gasteiger charge is 1.81. The lowest BCUT2D eigenvalue weighted by Gasteiger charge is -1.84. The molecule has 0 spiro atoms. The third-order valence-electron chi connectivity index (χ3n) is 0.829. The number of nitrogens with zero attached hydrogens (tertiary/aromatic N) is 3. The van der Waals surface area contributed by atoms with Crippen molar-refractivity contribution in [2.45, 2.75) is 6.92 Å². The average molecular weight is 121 g/mol. The van der Waals surface area contributed by atoms with Crippen LogP contribution < -0.4 is 0 Å². The molecule has 0 aliphatic heterocycles. The maximum Gasteiger partial charge on any atom is 0.155 e. The minimum Gasteiger partial charge on any atom is -0.225 e. The Kier molecular flexibility index (Phi) is 1.90. The lowest BCUT2D eigenvalue weighted by Crippen LogP contribution is -1.85. The van der Waals surface area contributed by atoms with Crippen LogP contribution in [0.25, 0.3) is 6.08 Å². The third kappa shape index (κ3) is 1.60. The Morgan fingerprint density at radius 2 is 2.00 bits per heavy atom. The third-order valence-corrected chi connectivity index (χ3v) is 0.829. The van der Waals surface area contributed by atoms with E-state index in [9.17, 15) is 0 Å². The molecule has 1 heterocycles. The molecule has 0 aromatic carbocycles. The lowest BCUT2D eigenvalue weighted by molar-refractivity contribution is 1.03. The van der Waals surface area contributed by atoms with Gasteiger partial charge in [-0.2, -0.15) is 0 Å². The van der Waals surface area contributed by atoms with Crippen molar-refractivity contribution in [3.8, 4) is 0 Å². The minimum atomic E-state index is 0.701. The van der Waals surface area contributed by atoms with Gasteiger partial charge >= 0.3 is 0 Å². The maximum absolute atomic E-state index is 3.86. The van der Waals surface area contributed by atoms with Crippen molar-refractivity contribution >= 4 is 6.08 Å². The summed E-state index contributed by atoms with van der Waals surface area (Å²) >= 11 is 0. The largest absolute Gasteiger partial charge is 0.225 e. The highest BCUT2D eigenvalue weighted by molar-refractivity contribution is 5.37. The fourth-order valence-corrected chi connectivity index (χ4v) is 0.483. The van der Waals surface area contributed by atoms with E-state index in [0.29, 0.717) is 5.82 Å². The normalized spacial score (nSPS) is 10.3. The molecule has 0 aliphatic carbocycles. The molecule has 0 bridgehead atoms. The van der Waals surface area contributed by atoms with E-state index in [2.05, 4.69) is 15.0 Å². The van der Waals surface area contributed by atoms with E-state index in [1.54, 1.807) is 0 Å². The zero-order valence-electron chi connectivity index (χ0n) is 5.15. The Balaban J connectivity index is 2.85. The first-order valence-corrected chi connectivity index (χ1v) is 2.68. The lowest BCUT2D eigenvalue weighted by atomic mass is 10.5. The molecule has 1 aromatic heterocycles. The number of rotatable bonds is 1. The number of hydrogen-bond donors (Lipinski definition) is 0. The van der Waals surface area contributed by atoms with Crippen LogP contribution in [0.2, 0.25) is 0 Å². The summed E-state index contributed by atoms with van der Waals surface area (Å²) in [6.07, 6.45) is 6.65. The molecule has 0 fully saturated rings. The van der Waals surface area contributed by atoms with Crippen molar-refractivity contribution < 1.29 is 0 Å². The van der Waals surface area contributed by atoms with E-state index in [0.717, 1.165) is 0 Å². The van der Waals surface area contributed by atoms with Crippen molar-refractivity contribution in [1.82, 2.24) is 15.0 Å². The van der Waals surface area contributed by atoms with Gasteiger partial charge in [-0.05, 0) is 13.0 Å². The SMILES string of the molecule is C/C=C/c1ncncn1. The van der Waals surface area contributed by atoms with E-state index in [-0.39, 0.29) is 0 Å². The second-order valence-corrected chi connectivity index (χ2v) is 1.50. The summed E-state index contributed by atoms with van der Waals surface area (Å²) in [5.41, 5.74) is 0. The van der Waals surface area contributed by atoms with Crippen LogP contribution in [0.15, 0.2) is 18.7 Å². The maximum atomic E-state index is 3.86. The van der Waals surface area contributed by atoms with Crippen molar-refractivity contribution in [2.24, 2.45) is 0 Å². The summed E-state index contributed by atoms with van der Waals surface area (Å²) in [6, 6.07) is 0. The molecule has 0 atom stereocenters. The van der Waals surface area contributed by atoms with Crippen LogP contribution in [0.4, 0.5) is 0 Å². The molecular formula is C6H7N3. The van der Waals surface area contributed by atoms with Gasteiger partial charge in [0.25, 0.3) is 0 Å². The zero-order chi connectivity index (χ0) is 6.53. The van der Waals surface area contributed by atoms with Crippen LogP contribution in [0.1, 0.15) is 12.7 Å². The van der Waals surface area contributed by atoms with Crippen LogP contribution in [0.3, 0.4) is 0 Å². The Morgan fingerprint density at radius 3 is 2.56 bits per heavy atom. The number of aromatic nitrogens is 3. The summed E-state index contributed by atoms with van der Waals surface area (Å²) < 4.78 is 0. The van der Waals surface area contributed by atoms with Crippen LogP contribution in [0.5, 0.6) is 0 Å². The Bertz CT molecular complexity index is 193. The quantitative estimate of drug-likeness (QED) is 0.554. The van der Waals surface area contributed by atoms with Crippen LogP contribution in [-0.4, -0.2) is 15.0 Å². The van der Waals surface area contributed by atoms with Gasteiger partial charge in [0.15, 0.2) is 5.82 Å². The first kappa shape index (κ1) is 5.88. The monoisotopic (exact) mass is 121 g/mol. The first-order chi connectivity index (χ1) is 4.43. The predicted molar refractivity (Wildman–Crippen MR) is 34.5 cm³/mol. The van der Waals surface area contributed by atoms with E-state index in [1.807, 2.05) is 19.1 Å². The molecule has 1 aromatic rings. The summed E-state index contributed by atoms with van der Waals surface area (Å²) in [4.78, 5) is 11.4. The van der Waals surface area contributed by atoms with E-state index < -0.39 is 0 Å². The zero-order valence-corrected chi connectivity index (χ0v) is 5.15. The number of hydrogen-bond acceptors (Lipinski definition) is 3. The van der Waals surface area contributed by atoms with E-state index in [1.165, 1.54) is 12.7 Å². The van der Waals surface area contributed by atoms with Gasteiger partial charge in [-0.15, -0.1) is 0 Å². The highest BCUT2D eigenvalue weighted by atomic mass is 15.0. The van der Waals surface area contributed by atoms with Gasteiger partial charge in [0.2, 0.25) is 0 Å².